The van der Waals surface area contributed by atoms with Gasteiger partial charge in [0, 0.05) is 36.9 Å². The van der Waals surface area contributed by atoms with Crippen molar-refractivity contribution < 1.29 is 23.9 Å². The first-order chi connectivity index (χ1) is 19.9. The zero-order valence-corrected chi connectivity index (χ0v) is 24.3. The predicted molar refractivity (Wildman–Crippen MR) is 155 cm³/mol. The van der Waals surface area contributed by atoms with Crippen LogP contribution in [0.4, 0.5) is 5.69 Å². The van der Waals surface area contributed by atoms with Gasteiger partial charge in [-0.3, -0.25) is 19.3 Å². The molecule has 2 N–H and O–H groups in total. The first kappa shape index (κ1) is 28.2. The van der Waals surface area contributed by atoms with Gasteiger partial charge in [-0.25, -0.2) is 0 Å². The molecule has 4 heterocycles. The Morgan fingerprint density at radius 2 is 1.88 bits per heavy atom. The first-order valence-electron chi connectivity index (χ1n) is 15.6. The zero-order valence-electron chi connectivity index (χ0n) is 24.3. The second-order valence-corrected chi connectivity index (χ2v) is 12.4. The van der Waals surface area contributed by atoms with Crippen LogP contribution >= 0.6 is 0 Å². The lowest BCUT2D eigenvalue weighted by molar-refractivity contribution is -0.141. The average Bonchev–Trinajstić information content (AvgIpc) is 3.64. The minimum Gasteiger partial charge on any atom is -0.497 e. The Hall–Kier alpha value is -2.91. The first-order valence-corrected chi connectivity index (χ1v) is 15.6. The molecule has 9 nitrogen and oxygen atoms in total. The number of amides is 3. The maximum absolute atomic E-state index is 14.3. The van der Waals surface area contributed by atoms with Crippen molar-refractivity contribution in [2.75, 3.05) is 32.1 Å². The summed E-state index contributed by atoms with van der Waals surface area (Å²) in [6, 6.07) is 7.00. The highest BCUT2D eigenvalue weighted by Gasteiger charge is 2.72. The summed E-state index contributed by atoms with van der Waals surface area (Å²) in [7, 11) is 1.58. The Morgan fingerprint density at radius 3 is 2.66 bits per heavy atom. The molecule has 3 saturated heterocycles. The molecule has 9 heteroatoms. The van der Waals surface area contributed by atoms with Gasteiger partial charge in [0.25, 0.3) is 0 Å². The van der Waals surface area contributed by atoms with E-state index >= 15 is 0 Å². The molecule has 2 bridgehead atoms. The molecule has 1 aromatic carbocycles. The highest BCUT2D eigenvalue weighted by molar-refractivity contribution is 6.02. The molecular weight excluding hydrogens is 520 g/mol. The third kappa shape index (κ3) is 5.16. The van der Waals surface area contributed by atoms with Crippen molar-refractivity contribution >= 4 is 23.4 Å². The summed E-state index contributed by atoms with van der Waals surface area (Å²) in [5.74, 6) is -1.41. The van der Waals surface area contributed by atoms with Crippen molar-refractivity contribution in [2.24, 2.45) is 11.8 Å². The molecule has 0 radical (unpaired) electrons. The number of hydrogen-bond donors (Lipinski definition) is 2. The maximum Gasteiger partial charge on any atom is 0.246 e. The van der Waals surface area contributed by atoms with E-state index in [1.165, 1.54) is 19.3 Å². The molecule has 1 aliphatic carbocycles. The van der Waals surface area contributed by atoms with E-state index in [-0.39, 0.29) is 23.8 Å². The molecular formula is C32H44N4O5. The van der Waals surface area contributed by atoms with Crippen LogP contribution in [0.1, 0.15) is 64.7 Å². The smallest absolute Gasteiger partial charge is 0.246 e. The van der Waals surface area contributed by atoms with Gasteiger partial charge in [0.2, 0.25) is 17.7 Å². The van der Waals surface area contributed by atoms with E-state index in [2.05, 4.69) is 22.5 Å². The fourth-order valence-corrected chi connectivity index (χ4v) is 8.01. The van der Waals surface area contributed by atoms with Crippen molar-refractivity contribution in [3.63, 3.8) is 0 Å². The van der Waals surface area contributed by atoms with E-state index in [0.29, 0.717) is 30.6 Å². The quantitative estimate of drug-likeness (QED) is 0.446. The number of hydrogen-bond acceptors (Lipinski definition) is 6. The van der Waals surface area contributed by atoms with Gasteiger partial charge in [-0.1, -0.05) is 50.8 Å². The molecule has 6 rings (SSSR count). The second kappa shape index (κ2) is 11.8. The molecule has 1 spiro atoms. The van der Waals surface area contributed by atoms with E-state index in [9.17, 15) is 14.4 Å². The number of nitrogens with one attached hydrogen (secondary N) is 2. The summed E-state index contributed by atoms with van der Waals surface area (Å²) in [6.45, 7) is 4.39. The monoisotopic (exact) mass is 564 g/mol. The minimum absolute atomic E-state index is 0.116. The molecule has 0 unspecified atom stereocenters. The molecule has 4 aliphatic heterocycles. The normalized spacial score (nSPS) is 33.2. The number of nitrogens with zero attached hydrogens (tertiary/aromatic N) is 2. The summed E-state index contributed by atoms with van der Waals surface area (Å²) < 4.78 is 11.8. The van der Waals surface area contributed by atoms with Gasteiger partial charge < -0.3 is 25.0 Å². The number of ether oxygens (including phenoxy) is 2. The molecule has 5 aliphatic rings. The van der Waals surface area contributed by atoms with Crippen LogP contribution in [-0.2, 0) is 19.1 Å². The van der Waals surface area contributed by atoms with Crippen LogP contribution in [0.5, 0.6) is 5.75 Å². The number of rotatable bonds is 9. The Labute approximate surface area is 243 Å². The van der Waals surface area contributed by atoms with Crippen LogP contribution in [0.3, 0.4) is 0 Å². The molecule has 4 fully saturated rings. The Bertz CT molecular complexity index is 1180. The summed E-state index contributed by atoms with van der Waals surface area (Å²) in [4.78, 5) is 46.3. The number of piperidine rings is 1. The SMILES string of the molecule is CC[C@@H]1CCCCN1CCN1C(=O)[C@@H]2[C@@H](C(=O)Nc3cccc(OC)c3)[C@@H]3C=C[C@@]2(O3)[C@H]1C(=O)NC1CCCCC1. The van der Waals surface area contributed by atoms with Gasteiger partial charge in [-0.15, -0.1) is 0 Å². The fraction of sp³-hybridized carbons (Fsp3) is 0.656. The Balaban J connectivity index is 1.27. The summed E-state index contributed by atoms with van der Waals surface area (Å²) >= 11 is 0. The molecule has 41 heavy (non-hydrogen) atoms. The second-order valence-electron chi connectivity index (χ2n) is 12.4. The summed E-state index contributed by atoms with van der Waals surface area (Å²) in [5.41, 5.74) is -0.539. The molecule has 0 aromatic heterocycles. The van der Waals surface area contributed by atoms with Crippen LogP contribution in [0, 0.1) is 11.8 Å². The number of fused-ring (bicyclic) bond motifs is 1. The van der Waals surface area contributed by atoms with Crippen LogP contribution in [-0.4, -0.2) is 84.1 Å². The highest BCUT2D eigenvalue weighted by atomic mass is 16.5. The van der Waals surface area contributed by atoms with Crippen LogP contribution in [0.25, 0.3) is 0 Å². The van der Waals surface area contributed by atoms with Gasteiger partial charge in [0.05, 0.1) is 25.0 Å². The van der Waals surface area contributed by atoms with Gasteiger partial charge in [-0.2, -0.15) is 0 Å². The molecule has 1 aromatic rings. The van der Waals surface area contributed by atoms with E-state index in [1.54, 1.807) is 24.1 Å². The van der Waals surface area contributed by atoms with E-state index in [4.69, 9.17) is 9.47 Å². The topological polar surface area (TPSA) is 100 Å². The number of benzene rings is 1. The predicted octanol–water partition coefficient (Wildman–Crippen LogP) is 3.50. The lowest BCUT2D eigenvalue weighted by Gasteiger charge is -2.38. The van der Waals surface area contributed by atoms with Gasteiger partial charge in [0.15, 0.2) is 0 Å². The van der Waals surface area contributed by atoms with E-state index in [1.807, 2.05) is 24.3 Å². The van der Waals surface area contributed by atoms with Crippen molar-refractivity contribution in [3.05, 3.63) is 36.4 Å². The minimum atomic E-state index is -1.14. The average molecular weight is 565 g/mol. The van der Waals surface area contributed by atoms with Crippen molar-refractivity contribution in [1.82, 2.24) is 15.1 Å². The van der Waals surface area contributed by atoms with E-state index < -0.39 is 29.6 Å². The standard InChI is InChI=1S/C32H44N4O5/c1-3-23-13-7-8-17-35(23)18-19-36-28(30(38)33-21-10-5-4-6-11-21)32-16-15-25(41-32)26(27(32)31(36)39)29(37)34-22-12-9-14-24(20-22)40-2/h9,12,14-16,20-21,23,25-28H,3-8,10-11,13,17-19H2,1-2H3,(H,33,38)(H,34,37)/t23-,25+,26+,27+,28-,32+/m1/s1. The van der Waals surface area contributed by atoms with E-state index in [0.717, 1.165) is 45.1 Å². The number of likely N-dealkylation sites (tertiary alicyclic amines) is 2. The van der Waals surface area contributed by atoms with Crippen LogP contribution in [0.2, 0.25) is 0 Å². The zero-order chi connectivity index (χ0) is 28.6. The largest absolute Gasteiger partial charge is 0.497 e. The van der Waals surface area contributed by atoms with Crippen molar-refractivity contribution in [2.45, 2.75) is 94.5 Å². The molecule has 222 valence electrons. The lowest BCUT2D eigenvalue weighted by Crippen LogP contribution is -2.57. The number of anilines is 1. The fourth-order valence-electron chi connectivity index (χ4n) is 8.01. The van der Waals surface area contributed by atoms with Crippen molar-refractivity contribution in [1.29, 1.82) is 0 Å². The third-order valence-electron chi connectivity index (χ3n) is 10.1. The van der Waals surface area contributed by atoms with Crippen molar-refractivity contribution in [3.8, 4) is 5.75 Å². The van der Waals surface area contributed by atoms with Crippen LogP contribution < -0.4 is 15.4 Å². The number of carbonyl (C=O) groups excluding carboxylic acids is 3. The Kier molecular flexibility index (Phi) is 8.10. The third-order valence-corrected chi connectivity index (χ3v) is 10.1. The maximum atomic E-state index is 14.3. The number of carbonyl (C=O) groups is 3. The van der Waals surface area contributed by atoms with Gasteiger partial charge in [-0.05, 0) is 50.8 Å². The van der Waals surface area contributed by atoms with Gasteiger partial charge >= 0.3 is 0 Å². The molecule has 6 atom stereocenters. The lowest BCUT2D eigenvalue weighted by atomic mass is 9.74. The summed E-state index contributed by atoms with van der Waals surface area (Å²) in [5, 5.41) is 6.26. The number of methoxy groups -OCH3 is 1. The van der Waals surface area contributed by atoms with Crippen LogP contribution in [0.15, 0.2) is 36.4 Å². The van der Waals surface area contributed by atoms with Gasteiger partial charge in [0.1, 0.15) is 17.4 Å². The summed E-state index contributed by atoms with van der Waals surface area (Å²) in [6.07, 6.45) is 13.2. The molecule has 1 saturated carbocycles. The Morgan fingerprint density at radius 1 is 1.07 bits per heavy atom. The molecule has 3 amide bonds. The highest BCUT2D eigenvalue weighted by Crippen LogP contribution is 2.55.